The number of hydrogen-bond acceptors (Lipinski definition) is 2. The van der Waals surface area contributed by atoms with Crippen molar-refractivity contribution in [2.45, 2.75) is 26.4 Å². The van der Waals surface area contributed by atoms with Crippen LogP contribution in [0.3, 0.4) is 0 Å². The molecule has 0 fully saturated rings. The van der Waals surface area contributed by atoms with Crippen molar-refractivity contribution in [3.8, 4) is 5.75 Å². The highest BCUT2D eigenvalue weighted by atomic mass is 79.9. The third-order valence-electron chi connectivity index (χ3n) is 3.18. The fourth-order valence-electron chi connectivity index (χ4n) is 2.02. The summed E-state index contributed by atoms with van der Waals surface area (Å²) in [4.78, 5) is 0. The molecule has 0 aliphatic carbocycles. The van der Waals surface area contributed by atoms with Crippen LogP contribution in [0.1, 0.15) is 29.7 Å². The monoisotopic (exact) mass is 319 g/mol. The van der Waals surface area contributed by atoms with Crippen LogP contribution >= 0.6 is 15.9 Å². The van der Waals surface area contributed by atoms with E-state index in [1.54, 1.807) is 6.07 Å². The number of phenols is 1. The number of benzene rings is 2. The largest absolute Gasteiger partial charge is 0.508 e. The lowest BCUT2D eigenvalue weighted by molar-refractivity contribution is 0.460. The smallest absolute Gasteiger partial charge is 0.120 e. The minimum Gasteiger partial charge on any atom is -0.508 e. The standard InChI is InChI=1S/C16H18BrNO/c1-11-4-3-5-13(8-11)12(2)18-10-14-9-15(17)6-7-16(14)19/h3-9,12,18-19H,10H2,1-2H3/t12-/m0/s1. The Hall–Kier alpha value is -1.32. The molecule has 2 aromatic rings. The van der Waals surface area contributed by atoms with Crippen molar-refractivity contribution in [3.63, 3.8) is 0 Å². The van der Waals surface area contributed by atoms with Gasteiger partial charge in [-0.15, -0.1) is 0 Å². The number of halogens is 1. The Bertz CT molecular complexity index is 568. The maximum Gasteiger partial charge on any atom is 0.120 e. The van der Waals surface area contributed by atoms with Crippen molar-refractivity contribution in [1.29, 1.82) is 0 Å². The van der Waals surface area contributed by atoms with E-state index >= 15 is 0 Å². The normalized spacial score (nSPS) is 12.4. The molecule has 2 aromatic carbocycles. The van der Waals surface area contributed by atoms with Crippen LogP contribution in [0.15, 0.2) is 46.9 Å². The van der Waals surface area contributed by atoms with Gasteiger partial charge in [0.05, 0.1) is 0 Å². The first kappa shape index (κ1) is 14.1. The van der Waals surface area contributed by atoms with Gasteiger partial charge in [-0.3, -0.25) is 0 Å². The third-order valence-corrected chi connectivity index (χ3v) is 3.68. The quantitative estimate of drug-likeness (QED) is 0.879. The average Bonchev–Trinajstić information content (AvgIpc) is 2.39. The lowest BCUT2D eigenvalue weighted by Gasteiger charge is -2.15. The summed E-state index contributed by atoms with van der Waals surface area (Å²) in [6, 6.07) is 14.2. The molecule has 0 aliphatic rings. The summed E-state index contributed by atoms with van der Waals surface area (Å²) in [5.74, 6) is 0.326. The maximum atomic E-state index is 9.80. The number of phenolic OH excluding ortho intramolecular Hbond substituents is 1. The summed E-state index contributed by atoms with van der Waals surface area (Å²) in [6.45, 7) is 4.86. The van der Waals surface area contributed by atoms with E-state index in [0.29, 0.717) is 12.3 Å². The molecule has 0 aliphatic heterocycles. The lowest BCUT2D eigenvalue weighted by Crippen LogP contribution is -2.18. The van der Waals surface area contributed by atoms with Crippen LogP contribution in [-0.4, -0.2) is 5.11 Å². The summed E-state index contributed by atoms with van der Waals surface area (Å²) in [5.41, 5.74) is 3.42. The van der Waals surface area contributed by atoms with E-state index < -0.39 is 0 Å². The van der Waals surface area contributed by atoms with Crippen molar-refractivity contribution in [1.82, 2.24) is 5.32 Å². The van der Waals surface area contributed by atoms with Gasteiger partial charge in [0.25, 0.3) is 0 Å². The fraction of sp³-hybridized carbons (Fsp3) is 0.250. The van der Waals surface area contributed by atoms with Gasteiger partial charge < -0.3 is 10.4 Å². The molecule has 0 amide bonds. The van der Waals surface area contributed by atoms with Crippen LogP contribution in [0, 0.1) is 6.92 Å². The van der Waals surface area contributed by atoms with Gasteiger partial charge in [-0.1, -0.05) is 45.8 Å². The first-order valence-corrected chi connectivity index (χ1v) is 7.13. The molecule has 0 saturated heterocycles. The van der Waals surface area contributed by atoms with Crippen LogP contribution in [0.4, 0.5) is 0 Å². The number of nitrogens with one attached hydrogen (secondary N) is 1. The fourth-order valence-corrected chi connectivity index (χ4v) is 2.42. The van der Waals surface area contributed by atoms with Crippen molar-refractivity contribution < 1.29 is 5.11 Å². The van der Waals surface area contributed by atoms with E-state index in [-0.39, 0.29) is 6.04 Å². The Morgan fingerprint density at radius 1 is 1.21 bits per heavy atom. The molecule has 0 spiro atoms. The van der Waals surface area contributed by atoms with Crippen LogP contribution in [0.2, 0.25) is 0 Å². The molecule has 0 saturated carbocycles. The van der Waals surface area contributed by atoms with Crippen molar-refractivity contribution in [2.75, 3.05) is 0 Å². The Morgan fingerprint density at radius 3 is 2.74 bits per heavy atom. The van der Waals surface area contributed by atoms with E-state index in [4.69, 9.17) is 0 Å². The number of rotatable bonds is 4. The average molecular weight is 320 g/mol. The van der Waals surface area contributed by atoms with Crippen LogP contribution in [0.25, 0.3) is 0 Å². The van der Waals surface area contributed by atoms with Gasteiger partial charge in [0.15, 0.2) is 0 Å². The molecule has 3 heteroatoms. The molecule has 0 bridgehead atoms. The van der Waals surface area contributed by atoms with E-state index in [9.17, 15) is 5.11 Å². The highest BCUT2D eigenvalue weighted by molar-refractivity contribution is 9.10. The van der Waals surface area contributed by atoms with Gasteiger partial charge in [0.2, 0.25) is 0 Å². The van der Waals surface area contributed by atoms with Crippen LogP contribution in [-0.2, 0) is 6.54 Å². The van der Waals surface area contributed by atoms with Crippen molar-refractivity contribution in [3.05, 3.63) is 63.6 Å². The molecule has 0 unspecified atom stereocenters. The zero-order chi connectivity index (χ0) is 13.8. The first-order valence-electron chi connectivity index (χ1n) is 6.33. The number of hydrogen-bond donors (Lipinski definition) is 2. The summed E-state index contributed by atoms with van der Waals surface area (Å²) in [5, 5.41) is 13.2. The van der Waals surface area contributed by atoms with Crippen molar-refractivity contribution >= 4 is 15.9 Å². The van der Waals surface area contributed by atoms with E-state index in [1.807, 2.05) is 12.1 Å². The molecule has 19 heavy (non-hydrogen) atoms. The first-order chi connectivity index (χ1) is 9.06. The molecular weight excluding hydrogens is 302 g/mol. The second-order valence-corrected chi connectivity index (χ2v) is 5.71. The molecule has 0 radical (unpaired) electrons. The van der Waals surface area contributed by atoms with E-state index in [2.05, 4.69) is 59.4 Å². The van der Waals surface area contributed by atoms with Gasteiger partial charge in [-0.25, -0.2) is 0 Å². The van der Waals surface area contributed by atoms with Gasteiger partial charge in [0, 0.05) is 22.6 Å². The molecule has 100 valence electrons. The molecule has 2 nitrogen and oxygen atoms in total. The Kier molecular flexibility index (Phi) is 4.61. The maximum absolute atomic E-state index is 9.80. The molecule has 0 heterocycles. The van der Waals surface area contributed by atoms with Gasteiger partial charge in [0.1, 0.15) is 5.75 Å². The summed E-state index contributed by atoms with van der Waals surface area (Å²) in [6.07, 6.45) is 0. The zero-order valence-electron chi connectivity index (χ0n) is 11.2. The van der Waals surface area contributed by atoms with Gasteiger partial charge in [-0.05, 0) is 37.6 Å². The minimum absolute atomic E-state index is 0.248. The highest BCUT2D eigenvalue weighted by Crippen LogP contribution is 2.23. The molecule has 2 N–H and O–H groups in total. The Labute approximate surface area is 122 Å². The molecule has 0 aromatic heterocycles. The predicted octanol–water partition coefficient (Wildman–Crippen LogP) is 4.31. The predicted molar refractivity (Wildman–Crippen MR) is 82.2 cm³/mol. The van der Waals surface area contributed by atoms with E-state index in [0.717, 1.165) is 10.0 Å². The number of aromatic hydroxyl groups is 1. The molecule has 2 rings (SSSR count). The van der Waals surface area contributed by atoms with Crippen LogP contribution < -0.4 is 5.32 Å². The molecular formula is C16H18BrNO. The summed E-state index contributed by atoms with van der Waals surface area (Å²) >= 11 is 3.42. The minimum atomic E-state index is 0.248. The lowest BCUT2D eigenvalue weighted by atomic mass is 10.1. The Morgan fingerprint density at radius 2 is 2.00 bits per heavy atom. The summed E-state index contributed by atoms with van der Waals surface area (Å²) < 4.78 is 0.977. The SMILES string of the molecule is Cc1cccc([C@H](C)NCc2cc(Br)ccc2O)c1. The van der Waals surface area contributed by atoms with Gasteiger partial charge in [-0.2, -0.15) is 0 Å². The molecule has 1 atom stereocenters. The number of aryl methyl sites for hydroxylation is 1. The van der Waals surface area contributed by atoms with Gasteiger partial charge >= 0.3 is 0 Å². The highest BCUT2D eigenvalue weighted by Gasteiger charge is 2.07. The Balaban J connectivity index is 2.04. The summed E-state index contributed by atoms with van der Waals surface area (Å²) in [7, 11) is 0. The second kappa shape index (κ2) is 6.22. The zero-order valence-corrected chi connectivity index (χ0v) is 12.7. The van der Waals surface area contributed by atoms with Crippen LogP contribution in [0.5, 0.6) is 5.75 Å². The second-order valence-electron chi connectivity index (χ2n) is 4.79. The van der Waals surface area contributed by atoms with E-state index in [1.165, 1.54) is 11.1 Å². The topological polar surface area (TPSA) is 32.3 Å². The third kappa shape index (κ3) is 3.82. The van der Waals surface area contributed by atoms with Crippen molar-refractivity contribution in [2.24, 2.45) is 0 Å².